The number of rotatable bonds is 4. The van der Waals surface area contributed by atoms with Gasteiger partial charge in [-0.25, -0.2) is 0 Å². The van der Waals surface area contributed by atoms with Gasteiger partial charge in [0.05, 0.1) is 25.3 Å². The van der Waals surface area contributed by atoms with Crippen molar-refractivity contribution >= 4 is 11.6 Å². The molecule has 1 heterocycles. The smallest absolute Gasteiger partial charge is 0.173 e. The number of hydrogen-bond donors (Lipinski definition) is 1. The Morgan fingerprint density at radius 1 is 1.26 bits per heavy atom. The largest absolute Gasteiger partial charge is 0.495 e. The van der Waals surface area contributed by atoms with Crippen LogP contribution in [0.1, 0.15) is 18.8 Å². The van der Waals surface area contributed by atoms with Crippen molar-refractivity contribution in [1.82, 2.24) is 20.2 Å². The summed E-state index contributed by atoms with van der Waals surface area (Å²) in [6, 6.07) is 3.02. The van der Waals surface area contributed by atoms with Crippen molar-refractivity contribution < 1.29 is 9.47 Å². The van der Waals surface area contributed by atoms with Crippen LogP contribution in [0.25, 0.3) is 5.69 Å². The van der Waals surface area contributed by atoms with Crippen LogP contribution in [0.4, 0.5) is 0 Å². The lowest BCUT2D eigenvalue weighted by atomic mass is 10.2. The van der Waals surface area contributed by atoms with Gasteiger partial charge in [0.1, 0.15) is 17.2 Å². The molecule has 2 rings (SSSR count). The Balaban J connectivity index is 2.61. The van der Waals surface area contributed by atoms with Crippen LogP contribution in [0.2, 0.25) is 5.02 Å². The molecule has 2 N–H and O–H groups in total. The summed E-state index contributed by atoms with van der Waals surface area (Å²) < 4.78 is 11.9. The molecule has 0 saturated heterocycles. The van der Waals surface area contributed by atoms with Crippen molar-refractivity contribution in [3.8, 4) is 17.2 Å². The molecule has 0 amide bonds. The van der Waals surface area contributed by atoms with Crippen LogP contribution >= 0.6 is 11.6 Å². The molecule has 0 aliphatic heterocycles. The number of methoxy groups -OCH3 is 2. The minimum atomic E-state index is -0.319. The molecule has 0 saturated carbocycles. The standard InChI is InChI=1S/C11H14ClN5O2/c1-6(13)11-14-15-16-17(11)8-4-7(12)9(18-2)5-10(8)19-3/h4-6H,13H2,1-3H3. The molecule has 2 aromatic rings. The van der Waals surface area contributed by atoms with E-state index in [1.807, 2.05) is 0 Å². The highest BCUT2D eigenvalue weighted by Crippen LogP contribution is 2.34. The van der Waals surface area contributed by atoms with Gasteiger partial charge in [0.2, 0.25) is 0 Å². The van der Waals surface area contributed by atoms with Crippen LogP contribution in [0.5, 0.6) is 11.5 Å². The molecule has 0 spiro atoms. The van der Waals surface area contributed by atoms with E-state index in [9.17, 15) is 0 Å². The number of aromatic nitrogens is 4. The Labute approximate surface area is 115 Å². The van der Waals surface area contributed by atoms with E-state index in [0.29, 0.717) is 28.0 Å². The zero-order valence-corrected chi connectivity index (χ0v) is 11.5. The van der Waals surface area contributed by atoms with E-state index < -0.39 is 0 Å². The van der Waals surface area contributed by atoms with Crippen LogP contribution in [-0.4, -0.2) is 34.4 Å². The third-order valence-corrected chi connectivity index (χ3v) is 2.88. The minimum absolute atomic E-state index is 0.319. The van der Waals surface area contributed by atoms with Crippen molar-refractivity contribution in [1.29, 1.82) is 0 Å². The van der Waals surface area contributed by atoms with E-state index in [4.69, 9.17) is 26.8 Å². The summed E-state index contributed by atoms with van der Waals surface area (Å²) in [7, 11) is 3.08. The van der Waals surface area contributed by atoms with E-state index in [-0.39, 0.29) is 6.04 Å². The molecular weight excluding hydrogens is 270 g/mol. The fourth-order valence-corrected chi connectivity index (χ4v) is 1.89. The van der Waals surface area contributed by atoms with Gasteiger partial charge in [-0.15, -0.1) is 5.10 Å². The molecule has 0 radical (unpaired) electrons. The first kappa shape index (κ1) is 13.6. The average molecular weight is 284 g/mol. The third-order valence-electron chi connectivity index (χ3n) is 2.58. The zero-order valence-electron chi connectivity index (χ0n) is 10.8. The maximum atomic E-state index is 6.11. The maximum Gasteiger partial charge on any atom is 0.173 e. The monoisotopic (exact) mass is 283 g/mol. The molecule has 0 fully saturated rings. The molecular formula is C11H14ClN5O2. The first-order valence-corrected chi connectivity index (χ1v) is 5.92. The van der Waals surface area contributed by atoms with Crippen LogP contribution in [0, 0.1) is 0 Å². The lowest BCUT2D eigenvalue weighted by Crippen LogP contribution is -2.14. The molecule has 8 heteroatoms. The summed E-state index contributed by atoms with van der Waals surface area (Å²) in [4.78, 5) is 0. The molecule has 102 valence electrons. The summed E-state index contributed by atoms with van der Waals surface area (Å²) in [5.41, 5.74) is 6.42. The van der Waals surface area contributed by atoms with E-state index in [0.717, 1.165) is 0 Å². The highest BCUT2D eigenvalue weighted by atomic mass is 35.5. The Kier molecular flexibility index (Phi) is 3.87. The average Bonchev–Trinajstić information content (AvgIpc) is 2.87. The summed E-state index contributed by atoms with van der Waals surface area (Å²) in [6.07, 6.45) is 0. The first-order valence-electron chi connectivity index (χ1n) is 5.54. The van der Waals surface area contributed by atoms with Crippen LogP contribution < -0.4 is 15.2 Å². The zero-order chi connectivity index (χ0) is 14.0. The second kappa shape index (κ2) is 5.41. The fraction of sp³-hybridized carbons (Fsp3) is 0.364. The van der Waals surface area contributed by atoms with Gasteiger partial charge in [0.25, 0.3) is 0 Å². The maximum absolute atomic E-state index is 6.11. The summed E-state index contributed by atoms with van der Waals surface area (Å²) >= 11 is 6.11. The van der Waals surface area contributed by atoms with Gasteiger partial charge in [-0.1, -0.05) is 11.6 Å². The first-order chi connectivity index (χ1) is 9.08. The topological polar surface area (TPSA) is 88.1 Å². The molecule has 1 unspecified atom stereocenters. The lowest BCUT2D eigenvalue weighted by molar-refractivity contribution is 0.392. The Morgan fingerprint density at radius 2 is 1.95 bits per heavy atom. The van der Waals surface area contributed by atoms with Gasteiger partial charge in [-0.2, -0.15) is 4.68 Å². The number of nitrogens with zero attached hydrogens (tertiary/aromatic N) is 4. The quantitative estimate of drug-likeness (QED) is 0.911. The van der Waals surface area contributed by atoms with Gasteiger partial charge in [0.15, 0.2) is 5.82 Å². The minimum Gasteiger partial charge on any atom is -0.495 e. The van der Waals surface area contributed by atoms with Crippen LogP contribution in [0.3, 0.4) is 0 Å². The normalized spacial score (nSPS) is 12.3. The van der Waals surface area contributed by atoms with Gasteiger partial charge >= 0.3 is 0 Å². The molecule has 0 bridgehead atoms. The van der Waals surface area contributed by atoms with Crippen molar-refractivity contribution in [3.63, 3.8) is 0 Å². The number of ether oxygens (including phenoxy) is 2. The third kappa shape index (κ3) is 2.47. The lowest BCUT2D eigenvalue weighted by Gasteiger charge is -2.13. The van der Waals surface area contributed by atoms with Gasteiger partial charge in [-0.05, 0) is 23.4 Å². The van der Waals surface area contributed by atoms with Crippen molar-refractivity contribution in [2.24, 2.45) is 5.73 Å². The number of hydrogen-bond acceptors (Lipinski definition) is 6. The van der Waals surface area contributed by atoms with E-state index in [2.05, 4.69) is 15.5 Å². The molecule has 1 aromatic carbocycles. The molecule has 7 nitrogen and oxygen atoms in total. The molecule has 19 heavy (non-hydrogen) atoms. The van der Waals surface area contributed by atoms with Crippen molar-refractivity contribution in [2.45, 2.75) is 13.0 Å². The number of tetrazole rings is 1. The Morgan fingerprint density at radius 3 is 2.53 bits per heavy atom. The van der Waals surface area contributed by atoms with Crippen LogP contribution in [-0.2, 0) is 0 Å². The Hall–Kier alpha value is -1.86. The molecule has 0 aliphatic rings. The summed E-state index contributed by atoms with van der Waals surface area (Å²) in [6.45, 7) is 1.79. The van der Waals surface area contributed by atoms with E-state index in [1.54, 1.807) is 26.2 Å². The van der Waals surface area contributed by atoms with Gasteiger partial charge in [0, 0.05) is 6.07 Å². The molecule has 1 atom stereocenters. The van der Waals surface area contributed by atoms with Crippen molar-refractivity contribution in [2.75, 3.05) is 14.2 Å². The highest BCUT2D eigenvalue weighted by Gasteiger charge is 2.18. The number of halogens is 1. The number of benzene rings is 1. The van der Waals surface area contributed by atoms with Crippen molar-refractivity contribution in [3.05, 3.63) is 23.0 Å². The summed E-state index contributed by atoms with van der Waals surface area (Å²) in [5, 5.41) is 11.9. The van der Waals surface area contributed by atoms with E-state index >= 15 is 0 Å². The summed E-state index contributed by atoms with van der Waals surface area (Å²) in [5.74, 6) is 1.56. The van der Waals surface area contributed by atoms with Gasteiger partial charge in [-0.3, -0.25) is 0 Å². The second-order valence-electron chi connectivity index (χ2n) is 3.90. The highest BCUT2D eigenvalue weighted by molar-refractivity contribution is 6.32. The van der Waals surface area contributed by atoms with Gasteiger partial charge < -0.3 is 15.2 Å². The van der Waals surface area contributed by atoms with Crippen LogP contribution in [0.15, 0.2) is 12.1 Å². The molecule has 1 aromatic heterocycles. The molecule has 0 aliphatic carbocycles. The SMILES string of the molecule is COc1cc(OC)c(-n2nnnc2C(C)N)cc1Cl. The predicted molar refractivity (Wildman–Crippen MR) is 69.9 cm³/mol. The Bertz CT molecular complexity index is 584. The van der Waals surface area contributed by atoms with E-state index in [1.165, 1.54) is 11.8 Å². The second-order valence-corrected chi connectivity index (χ2v) is 4.30. The fourth-order valence-electron chi connectivity index (χ4n) is 1.66. The predicted octanol–water partition coefficient (Wildman–Crippen LogP) is 1.35. The number of nitrogens with two attached hydrogens (primary N) is 1.